The summed E-state index contributed by atoms with van der Waals surface area (Å²) in [5, 5.41) is 0. The van der Waals surface area contributed by atoms with E-state index in [1.54, 1.807) is 11.8 Å². The van der Waals surface area contributed by atoms with Crippen LogP contribution in [0.25, 0.3) is 0 Å². The Morgan fingerprint density at radius 2 is 2.07 bits per heavy atom. The van der Waals surface area contributed by atoms with Gasteiger partial charge in [-0.3, -0.25) is 4.79 Å². The minimum absolute atomic E-state index is 0.134. The minimum Gasteiger partial charge on any atom is -0.321 e. The highest BCUT2D eigenvalue weighted by atomic mass is 32.2. The second-order valence-corrected chi connectivity index (χ2v) is 4.50. The minimum atomic E-state index is -0.308. The van der Waals surface area contributed by atoms with Crippen molar-refractivity contribution < 1.29 is 4.79 Å². The van der Waals surface area contributed by atoms with E-state index in [1.807, 2.05) is 36.6 Å². The van der Waals surface area contributed by atoms with E-state index in [1.165, 1.54) is 0 Å². The average Bonchev–Trinajstić information content (AvgIpc) is 2.27. The molecule has 15 heavy (non-hydrogen) atoms. The molecule has 0 bridgehead atoms. The molecule has 1 aromatic rings. The fraction of sp³-hybridized carbons (Fsp3) is 0.417. The zero-order chi connectivity index (χ0) is 11.1. The van der Waals surface area contributed by atoms with Crippen LogP contribution < -0.4 is 5.73 Å². The molecule has 2 N–H and O–H groups in total. The standard InChI is InChI=1S/C12H17NOS/c1-15-8-7-11(13)12(14)9-10-5-3-2-4-6-10/h2-6,11H,7-9,13H2,1H3/t11-/m0/s1. The van der Waals surface area contributed by atoms with Gasteiger partial charge in [0, 0.05) is 6.42 Å². The predicted molar refractivity (Wildman–Crippen MR) is 66.1 cm³/mol. The molecule has 0 saturated carbocycles. The van der Waals surface area contributed by atoms with Crippen LogP contribution in [0.1, 0.15) is 12.0 Å². The summed E-state index contributed by atoms with van der Waals surface area (Å²) in [4.78, 5) is 11.7. The number of rotatable bonds is 6. The molecule has 0 fully saturated rings. The van der Waals surface area contributed by atoms with Gasteiger partial charge in [-0.25, -0.2) is 0 Å². The second kappa shape index (κ2) is 6.64. The topological polar surface area (TPSA) is 43.1 Å². The lowest BCUT2D eigenvalue weighted by Crippen LogP contribution is -2.32. The second-order valence-electron chi connectivity index (χ2n) is 3.52. The van der Waals surface area contributed by atoms with Gasteiger partial charge >= 0.3 is 0 Å². The van der Waals surface area contributed by atoms with Crippen molar-refractivity contribution in [2.45, 2.75) is 18.9 Å². The summed E-state index contributed by atoms with van der Waals surface area (Å²) in [6, 6.07) is 9.43. The summed E-state index contributed by atoms with van der Waals surface area (Å²) in [7, 11) is 0. The molecule has 1 rings (SSSR count). The van der Waals surface area contributed by atoms with Crippen LogP contribution in [0, 0.1) is 0 Å². The molecule has 82 valence electrons. The normalized spacial score (nSPS) is 12.4. The van der Waals surface area contributed by atoms with Crippen LogP contribution in [0.2, 0.25) is 0 Å². The summed E-state index contributed by atoms with van der Waals surface area (Å²) in [5.74, 6) is 1.08. The maximum atomic E-state index is 11.7. The molecule has 2 nitrogen and oxygen atoms in total. The molecular formula is C12H17NOS. The molecule has 3 heteroatoms. The van der Waals surface area contributed by atoms with Gasteiger partial charge in [-0.05, 0) is 24.0 Å². The highest BCUT2D eigenvalue weighted by molar-refractivity contribution is 7.98. The Bertz CT molecular complexity index is 300. The smallest absolute Gasteiger partial charge is 0.153 e. The Hall–Kier alpha value is -0.800. The molecule has 1 atom stereocenters. The Balaban J connectivity index is 2.42. The van der Waals surface area contributed by atoms with Gasteiger partial charge in [0.1, 0.15) is 0 Å². The third kappa shape index (κ3) is 4.49. The third-order valence-electron chi connectivity index (χ3n) is 2.27. The fourth-order valence-electron chi connectivity index (χ4n) is 1.33. The number of carbonyl (C=O) groups excluding carboxylic acids is 1. The number of benzene rings is 1. The van der Waals surface area contributed by atoms with Crippen molar-refractivity contribution in [1.82, 2.24) is 0 Å². The van der Waals surface area contributed by atoms with Crippen molar-refractivity contribution in [2.24, 2.45) is 5.73 Å². The van der Waals surface area contributed by atoms with Gasteiger partial charge in [0.15, 0.2) is 5.78 Å². The third-order valence-corrected chi connectivity index (χ3v) is 2.91. The van der Waals surface area contributed by atoms with E-state index in [0.717, 1.165) is 17.7 Å². The Labute approximate surface area is 95.2 Å². The van der Waals surface area contributed by atoms with Gasteiger partial charge in [0.25, 0.3) is 0 Å². The number of hydrogen-bond donors (Lipinski definition) is 1. The fourth-order valence-corrected chi connectivity index (χ4v) is 1.82. The number of thioether (sulfide) groups is 1. The van der Waals surface area contributed by atoms with Crippen LogP contribution in [-0.2, 0) is 11.2 Å². The monoisotopic (exact) mass is 223 g/mol. The lowest BCUT2D eigenvalue weighted by Gasteiger charge is -2.09. The maximum absolute atomic E-state index is 11.7. The molecule has 0 heterocycles. The van der Waals surface area contributed by atoms with Gasteiger partial charge in [-0.15, -0.1) is 0 Å². The van der Waals surface area contributed by atoms with Crippen molar-refractivity contribution in [1.29, 1.82) is 0 Å². The quantitative estimate of drug-likeness (QED) is 0.800. The van der Waals surface area contributed by atoms with Gasteiger partial charge in [0.2, 0.25) is 0 Å². The van der Waals surface area contributed by atoms with E-state index in [4.69, 9.17) is 5.73 Å². The van der Waals surface area contributed by atoms with Crippen LogP contribution in [-0.4, -0.2) is 23.8 Å². The summed E-state index contributed by atoms with van der Waals surface area (Å²) >= 11 is 1.72. The average molecular weight is 223 g/mol. The van der Waals surface area contributed by atoms with Crippen LogP contribution in [0.5, 0.6) is 0 Å². The lowest BCUT2D eigenvalue weighted by atomic mass is 10.0. The van der Waals surface area contributed by atoms with Crippen molar-refractivity contribution in [3.8, 4) is 0 Å². The van der Waals surface area contributed by atoms with Crippen molar-refractivity contribution in [3.05, 3.63) is 35.9 Å². The van der Waals surface area contributed by atoms with Crippen molar-refractivity contribution in [3.63, 3.8) is 0 Å². The molecule has 0 aliphatic rings. The van der Waals surface area contributed by atoms with Crippen LogP contribution in [0.3, 0.4) is 0 Å². The Kier molecular flexibility index (Phi) is 5.43. The van der Waals surface area contributed by atoms with Gasteiger partial charge < -0.3 is 5.73 Å². The molecule has 1 aromatic carbocycles. The number of carbonyl (C=O) groups is 1. The van der Waals surface area contributed by atoms with E-state index in [0.29, 0.717) is 6.42 Å². The first-order valence-corrected chi connectivity index (χ1v) is 6.44. The van der Waals surface area contributed by atoms with Crippen molar-refractivity contribution in [2.75, 3.05) is 12.0 Å². The Morgan fingerprint density at radius 1 is 1.40 bits per heavy atom. The largest absolute Gasteiger partial charge is 0.321 e. The molecule has 0 radical (unpaired) electrons. The molecule has 0 amide bonds. The van der Waals surface area contributed by atoms with E-state index >= 15 is 0 Å². The molecule has 0 spiro atoms. The maximum Gasteiger partial charge on any atom is 0.153 e. The van der Waals surface area contributed by atoms with Crippen LogP contribution in [0.15, 0.2) is 30.3 Å². The zero-order valence-corrected chi connectivity index (χ0v) is 9.80. The first-order chi connectivity index (χ1) is 7.24. The summed E-state index contributed by atoms with van der Waals surface area (Å²) in [5.41, 5.74) is 6.83. The number of hydrogen-bond acceptors (Lipinski definition) is 3. The van der Waals surface area contributed by atoms with Gasteiger partial charge in [-0.2, -0.15) is 11.8 Å². The van der Waals surface area contributed by atoms with Crippen LogP contribution in [0.4, 0.5) is 0 Å². The molecule has 0 aromatic heterocycles. The number of Topliss-reactive ketones (excluding diaryl/α,β-unsaturated/α-hetero) is 1. The van der Waals surface area contributed by atoms with E-state index in [9.17, 15) is 4.79 Å². The highest BCUT2D eigenvalue weighted by Crippen LogP contribution is 2.05. The molecule has 0 aliphatic carbocycles. The molecule has 0 unspecified atom stereocenters. The molecule has 0 saturated heterocycles. The van der Waals surface area contributed by atoms with E-state index in [2.05, 4.69) is 0 Å². The Morgan fingerprint density at radius 3 is 2.67 bits per heavy atom. The summed E-state index contributed by atoms with van der Waals surface area (Å²) in [6.07, 6.45) is 3.25. The summed E-state index contributed by atoms with van der Waals surface area (Å²) in [6.45, 7) is 0. The predicted octanol–water partition coefficient (Wildman–Crippen LogP) is 1.88. The highest BCUT2D eigenvalue weighted by Gasteiger charge is 2.12. The first-order valence-electron chi connectivity index (χ1n) is 5.05. The van der Waals surface area contributed by atoms with Gasteiger partial charge in [0.05, 0.1) is 6.04 Å². The van der Waals surface area contributed by atoms with Crippen LogP contribution >= 0.6 is 11.8 Å². The SMILES string of the molecule is CSCC[C@H](N)C(=O)Cc1ccccc1. The van der Waals surface area contributed by atoms with E-state index < -0.39 is 0 Å². The van der Waals surface area contributed by atoms with Crippen molar-refractivity contribution >= 4 is 17.5 Å². The lowest BCUT2D eigenvalue weighted by molar-refractivity contribution is -0.119. The first kappa shape index (κ1) is 12.3. The van der Waals surface area contributed by atoms with Gasteiger partial charge in [-0.1, -0.05) is 30.3 Å². The molecular weight excluding hydrogens is 206 g/mol. The summed E-state index contributed by atoms with van der Waals surface area (Å²) < 4.78 is 0. The molecule has 0 aliphatic heterocycles. The van der Waals surface area contributed by atoms with E-state index in [-0.39, 0.29) is 11.8 Å². The zero-order valence-electron chi connectivity index (χ0n) is 8.98. The number of nitrogens with two attached hydrogens (primary N) is 1. The number of ketones is 1.